The molecule has 1 aliphatic rings. The highest BCUT2D eigenvalue weighted by molar-refractivity contribution is 5.80. The van der Waals surface area contributed by atoms with Crippen LogP contribution in [0.15, 0.2) is 18.2 Å². The van der Waals surface area contributed by atoms with Gasteiger partial charge in [0.05, 0.1) is 25.7 Å². The smallest absolute Gasteiger partial charge is 0.314 e. The number of likely N-dealkylation sites (tertiary alicyclic amines) is 1. The molecular weight excluding hydrogens is 322 g/mol. The van der Waals surface area contributed by atoms with E-state index in [-0.39, 0.29) is 17.9 Å². The van der Waals surface area contributed by atoms with E-state index in [1.165, 1.54) is 4.90 Å². The standard InChI is InChI=1S/C18H27N3O4/c1-4-25-15-8-7-13(10-16(15)24-3)12(2)20-17(22)14-6-5-9-21(11-14)18(19)23/h7-8,10,12,14H,4-6,9,11H2,1-3H3,(H2,19,23)(H,20,22). The molecule has 2 unspecified atom stereocenters. The Morgan fingerprint density at radius 1 is 1.40 bits per heavy atom. The zero-order valence-corrected chi connectivity index (χ0v) is 15.1. The van der Waals surface area contributed by atoms with Crippen LogP contribution in [0.25, 0.3) is 0 Å². The topological polar surface area (TPSA) is 93.9 Å². The zero-order chi connectivity index (χ0) is 18.4. The molecule has 138 valence electrons. The Kier molecular flexibility index (Phi) is 6.50. The zero-order valence-electron chi connectivity index (χ0n) is 15.1. The Bertz CT molecular complexity index is 620. The molecular formula is C18H27N3O4. The highest BCUT2D eigenvalue weighted by Gasteiger charge is 2.28. The van der Waals surface area contributed by atoms with Crippen LogP contribution in [0.2, 0.25) is 0 Å². The van der Waals surface area contributed by atoms with E-state index in [0.29, 0.717) is 31.2 Å². The number of amides is 3. The predicted molar refractivity (Wildman–Crippen MR) is 94.6 cm³/mol. The molecule has 1 saturated heterocycles. The lowest BCUT2D eigenvalue weighted by atomic mass is 9.96. The van der Waals surface area contributed by atoms with Crippen molar-refractivity contribution in [1.82, 2.24) is 10.2 Å². The van der Waals surface area contributed by atoms with Gasteiger partial charge in [0.2, 0.25) is 5.91 Å². The monoisotopic (exact) mass is 349 g/mol. The molecule has 0 bridgehead atoms. The third-order valence-corrected chi connectivity index (χ3v) is 4.45. The summed E-state index contributed by atoms with van der Waals surface area (Å²) in [6.07, 6.45) is 1.54. The molecule has 1 aliphatic heterocycles. The van der Waals surface area contributed by atoms with Gasteiger partial charge in [-0.1, -0.05) is 6.07 Å². The van der Waals surface area contributed by atoms with Gasteiger partial charge in [-0.25, -0.2) is 4.79 Å². The number of ether oxygens (including phenoxy) is 2. The summed E-state index contributed by atoms with van der Waals surface area (Å²) in [7, 11) is 1.59. The fourth-order valence-electron chi connectivity index (χ4n) is 3.03. The maximum Gasteiger partial charge on any atom is 0.314 e. The molecule has 3 amide bonds. The largest absolute Gasteiger partial charge is 0.493 e. The lowest BCUT2D eigenvalue weighted by Crippen LogP contribution is -2.47. The van der Waals surface area contributed by atoms with Gasteiger partial charge in [-0.2, -0.15) is 0 Å². The Morgan fingerprint density at radius 2 is 2.16 bits per heavy atom. The molecule has 2 rings (SSSR count). The number of nitrogens with zero attached hydrogens (tertiary/aromatic N) is 1. The number of piperidine rings is 1. The number of rotatable bonds is 6. The van der Waals surface area contributed by atoms with Crippen molar-refractivity contribution in [3.8, 4) is 11.5 Å². The first-order chi connectivity index (χ1) is 12.0. The summed E-state index contributed by atoms with van der Waals surface area (Å²) in [5.41, 5.74) is 6.25. The van der Waals surface area contributed by atoms with Crippen molar-refractivity contribution in [2.45, 2.75) is 32.7 Å². The molecule has 0 spiro atoms. The van der Waals surface area contributed by atoms with Crippen molar-refractivity contribution >= 4 is 11.9 Å². The van der Waals surface area contributed by atoms with Crippen LogP contribution in [-0.4, -0.2) is 43.6 Å². The molecule has 7 heteroatoms. The Balaban J connectivity index is 2.02. The number of carbonyl (C=O) groups excluding carboxylic acids is 2. The number of urea groups is 1. The first-order valence-electron chi connectivity index (χ1n) is 8.61. The van der Waals surface area contributed by atoms with Gasteiger partial charge >= 0.3 is 6.03 Å². The summed E-state index contributed by atoms with van der Waals surface area (Å²) in [5.74, 6) is 1.02. The van der Waals surface area contributed by atoms with E-state index < -0.39 is 6.03 Å². The van der Waals surface area contributed by atoms with Gasteiger partial charge in [0, 0.05) is 13.1 Å². The number of methoxy groups -OCH3 is 1. The average molecular weight is 349 g/mol. The van der Waals surface area contributed by atoms with Crippen molar-refractivity contribution in [2.75, 3.05) is 26.8 Å². The highest BCUT2D eigenvalue weighted by atomic mass is 16.5. The third kappa shape index (κ3) is 4.78. The van der Waals surface area contributed by atoms with Crippen LogP contribution in [0.1, 0.15) is 38.3 Å². The highest BCUT2D eigenvalue weighted by Crippen LogP contribution is 2.30. The minimum absolute atomic E-state index is 0.0636. The second-order valence-corrected chi connectivity index (χ2v) is 6.20. The molecule has 0 radical (unpaired) electrons. The molecule has 0 saturated carbocycles. The average Bonchev–Trinajstić information content (AvgIpc) is 2.62. The first-order valence-corrected chi connectivity index (χ1v) is 8.61. The first kappa shape index (κ1) is 18.9. The molecule has 1 aromatic carbocycles. The van der Waals surface area contributed by atoms with Crippen LogP contribution < -0.4 is 20.5 Å². The molecule has 1 aromatic rings. The summed E-state index contributed by atoms with van der Waals surface area (Å²) in [6.45, 7) is 5.38. The van der Waals surface area contributed by atoms with E-state index in [1.54, 1.807) is 7.11 Å². The number of hydrogen-bond donors (Lipinski definition) is 2. The maximum absolute atomic E-state index is 12.5. The number of primary amides is 1. The van der Waals surface area contributed by atoms with Crippen molar-refractivity contribution in [2.24, 2.45) is 11.7 Å². The number of carbonyl (C=O) groups is 2. The molecule has 2 atom stereocenters. The summed E-state index contributed by atoms with van der Waals surface area (Å²) in [5, 5.41) is 3.01. The van der Waals surface area contributed by atoms with Crippen molar-refractivity contribution in [3.05, 3.63) is 23.8 Å². The second-order valence-electron chi connectivity index (χ2n) is 6.20. The normalized spacial score (nSPS) is 18.4. The number of nitrogens with one attached hydrogen (secondary N) is 1. The third-order valence-electron chi connectivity index (χ3n) is 4.45. The van der Waals surface area contributed by atoms with Gasteiger partial charge in [-0.15, -0.1) is 0 Å². The van der Waals surface area contributed by atoms with Gasteiger partial charge < -0.3 is 25.4 Å². The minimum atomic E-state index is -0.471. The lowest BCUT2D eigenvalue weighted by molar-refractivity contribution is -0.126. The van der Waals surface area contributed by atoms with Crippen LogP contribution in [0.5, 0.6) is 11.5 Å². The van der Waals surface area contributed by atoms with E-state index in [0.717, 1.165) is 18.4 Å². The SMILES string of the molecule is CCOc1ccc(C(C)NC(=O)C2CCCN(C(N)=O)C2)cc1OC. The van der Waals surface area contributed by atoms with Crippen molar-refractivity contribution in [3.63, 3.8) is 0 Å². The molecule has 0 aromatic heterocycles. The summed E-state index contributed by atoms with van der Waals surface area (Å²) < 4.78 is 10.9. The van der Waals surface area contributed by atoms with E-state index >= 15 is 0 Å². The summed E-state index contributed by atoms with van der Waals surface area (Å²) in [6, 6.07) is 4.97. The number of benzene rings is 1. The number of nitrogens with two attached hydrogens (primary N) is 1. The summed E-state index contributed by atoms with van der Waals surface area (Å²) in [4.78, 5) is 25.4. The molecule has 1 heterocycles. The van der Waals surface area contributed by atoms with Crippen LogP contribution >= 0.6 is 0 Å². The van der Waals surface area contributed by atoms with E-state index in [2.05, 4.69) is 5.32 Å². The van der Waals surface area contributed by atoms with E-state index in [1.807, 2.05) is 32.0 Å². The Labute approximate surface area is 148 Å². The molecule has 0 aliphatic carbocycles. The van der Waals surface area contributed by atoms with Crippen LogP contribution in [0.3, 0.4) is 0 Å². The molecule has 1 fully saturated rings. The number of hydrogen-bond acceptors (Lipinski definition) is 4. The van der Waals surface area contributed by atoms with E-state index in [9.17, 15) is 9.59 Å². The lowest BCUT2D eigenvalue weighted by Gasteiger charge is -2.31. The van der Waals surface area contributed by atoms with Gasteiger partial charge in [0.25, 0.3) is 0 Å². The predicted octanol–water partition coefficient (Wildman–Crippen LogP) is 2.06. The quantitative estimate of drug-likeness (QED) is 0.822. The Morgan fingerprint density at radius 3 is 2.80 bits per heavy atom. The van der Waals surface area contributed by atoms with Crippen LogP contribution in [0, 0.1) is 5.92 Å². The molecule has 7 nitrogen and oxygen atoms in total. The minimum Gasteiger partial charge on any atom is -0.493 e. The summed E-state index contributed by atoms with van der Waals surface area (Å²) >= 11 is 0. The molecule has 3 N–H and O–H groups in total. The van der Waals surface area contributed by atoms with Gasteiger partial charge in [0.1, 0.15) is 0 Å². The van der Waals surface area contributed by atoms with Crippen LogP contribution in [-0.2, 0) is 4.79 Å². The maximum atomic E-state index is 12.5. The fraction of sp³-hybridized carbons (Fsp3) is 0.556. The van der Waals surface area contributed by atoms with Gasteiger partial charge in [0.15, 0.2) is 11.5 Å². The fourth-order valence-corrected chi connectivity index (χ4v) is 3.03. The Hall–Kier alpha value is -2.44. The molecule has 25 heavy (non-hydrogen) atoms. The van der Waals surface area contributed by atoms with Gasteiger partial charge in [-0.3, -0.25) is 4.79 Å². The van der Waals surface area contributed by atoms with Gasteiger partial charge in [-0.05, 0) is 44.4 Å². The van der Waals surface area contributed by atoms with Crippen molar-refractivity contribution < 1.29 is 19.1 Å². The van der Waals surface area contributed by atoms with Crippen molar-refractivity contribution in [1.29, 1.82) is 0 Å². The second kappa shape index (κ2) is 8.60. The van der Waals surface area contributed by atoms with E-state index in [4.69, 9.17) is 15.2 Å². The van der Waals surface area contributed by atoms with Crippen LogP contribution in [0.4, 0.5) is 4.79 Å².